The summed E-state index contributed by atoms with van der Waals surface area (Å²) in [7, 11) is 1.89. The Kier molecular flexibility index (Phi) is 4.33. The molecule has 0 aliphatic rings. The van der Waals surface area contributed by atoms with Crippen molar-refractivity contribution in [2.75, 3.05) is 19.0 Å². The Hall–Kier alpha value is -1.15. The van der Waals surface area contributed by atoms with Crippen molar-refractivity contribution in [3.05, 3.63) is 35.4 Å². The van der Waals surface area contributed by atoms with Crippen molar-refractivity contribution < 1.29 is 4.74 Å². The quantitative estimate of drug-likeness (QED) is 0.826. The Labute approximate surface area is 89.5 Å². The molecule has 0 aliphatic carbocycles. The first kappa shape index (κ1) is 10.9. The number of hydrogen-bond acceptors (Lipinski definition) is 2. The van der Waals surface area contributed by atoms with Crippen LogP contribution < -0.4 is 10.1 Å². The molecule has 0 aliphatic heterocycles. The average molecular weight is 212 g/mol. The minimum Gasteiger partial charge on any atom is -0.489 e. The minimum absolute atomic E-state index is 0.530. The van der Waals surface area contributed by atoms with E-state index in [1.54, 1.807) is 0 Å². The van der Waals surface area contributed by atoms with Crippen molar-refractivity contribution in [3.63, 3.8) is 0 Å². The second-order valence-corrected chi connectivity index (χ2v) is 3.24. The summed E-state index contributed by atoms with van der Waals surface area (Å²) in [6.45, 7) is 2.46. The van der Waals surface area contributed by atoms with Gasteiger partial charge in [0.2, 0.25) is 0 Å². The molecule has 1 N–H and O–H groups in total. The van der Waals surface area contributed by atoms with Crippen molar-refractivity contribution in [3.8, 4) is 5.75 Å². The molecular weight excluding hydrogens is 198 g/mol. The minimum atomic E-state index is 0.530. The number of ether oxygens (including phenoxy) is 1. The van der Waals surface area contributed by atoms with Crippen LogP contribution in [0.3, 0.4) is 0 Å². The first-order valence-electron chi connectivity index (χ1n) is 4.42. The summed E-state index contributed by atoms with van der Waals surface area (Å²) >= 11 is 5.51. The van der Waals surface area contributed by atoms with Crippen LogP contribution in [0.5, 0.6) is 5.75 Å². The van der Waals surface area contributed by atoms with E-state index in [2.05, 4.69) is 5.32 Å². The second kappa shape index (κ2) is 5.55. The van der Waals surface area contributed by atoms with E-state index in [4.69, 9.17) is 16.3 Å². The Morgan fingerprint density at radius 1 is 1.43 bits per heavy atom. The van der Waals surface area contributed by atoms with Gasteiger partial charge in [-0.2, -0.15) is 0 Å². The topological polar surface area (TPSA) is 21.3 Å². The molecule has 76 valence electrons. The molecule has 0 atom stereocenters. The lowest BCUT2D eigenvalue weighted by Gasteiger charge is -2.06. The molecule has 2 nitrogen and oxygen atoms in total. The van der Waals surface area contributed by atoms with E-state index < -0.39 is 0 Å². The number of nitrogens with one attached hydrogen (secondary N) is 1. The maximum atomic E-state index is 5.51. The number of halogens is 1. The SMILES string of the molecule is CNc1ccc(OC/C(C)=C/Cl)cc1. The van der Waals surface area contributed by atoms with Gasteiger partial charge >= 0.3 is 0 Å². The molecule has 3 heteroatoms. The molecule has 1 rings (SSSR count). The maximum absolute atomic E-state index is 5.51. The molecule has 1 aromatic carbocycles. The molecule has 0 saturated heterocycles. The van der Waals surface area contributed by atoms with Gasteiger partial charge in [0.05, 0.1) is 0 Å². The Balaban J connectivity index is 2.52. The highest BCUT2D eigenvalue weighted by Gasteiger charge is 1.94. The molecule has 14 heavy (non-hydrogen) atoms. The van der Waals surface area contributed by atoms with Crippen LogP contribution in [0.2, 0.25) is 0 Å². The van der Waals surface area contributed by atoms with Gasteiger partial charge in [-0.15, -0.1) is 0 Å². The molecule has 0 amide bonds. The van der Waals surface area contributed by atoms with Crippen molar-refractivity contribution in [1.29, 1.82) is 0 Å². The molecule has 0 radical (unpaired) electrons. The Morgan fingerprint density at radius 2 is 2.07 bits per heavy atom. The van der Waals surface area contributed by atoms with Gasteiger partial charge in [0.25, 0.3) is 0 Å². The predicted octanol–water partition coefficient (Wildman–Crippen LogP) is 3.25. The summed E-state index contributed by atoms with van der Waals surface area (Å²) in [6.07, 6.45) is 0. The van der Waals surface area contributed by atoms with E-state index >= 15 is 0 Å². The van der Waals surface area contributed by atoms with Gasteiger partial charge in [-0.25, -0.2) is 0 Å². The first-order valence-corrected chi connectivity index (χ1v) is 4.86. The van der Waals surface area contributed by atoms with Crippen LogP contribution in [0.15, 0.2) is 35.4 Å². The van der Waals surface area contributed by atoms with Crippen molar-refractivity contribution in [2.45, 2.75) is 6.92 Å². The summed E-state index contributed by atoms with van der Waals surface area (Å²) in [5.74, 6) is 0.849. The van der Waals surface area contributed by atoms with Crippen LogP contribution in [-0.4, -0.2) is 13.7 Å². The third kappa shape index (κ3) is 3.30. The van der Waals surface area contributed by atoms with Gasteiger partial charge in [0, 0.05) is 18.3 Å². The lowest BCUT2D eigenvalue weighted by molar-refractivity contribution is 0.352. The zero-order valence-electron chi connectivity index (χ0n) is 8.38. The molecule has 0 fully saturated rings. The third-order valence-electron chi connectivity index (χ3n) is 1.80. The molecule has 0 spiro atoms. The van der Waals surface area contributed by atoms with Gasteiger partial charge in [0.15, 0.2) is 0 Å². The zero-order valence-corrected chi connectivity index (χ0v) is 9.14. The van der Waals surface area contributed by atoms with Crippen LogP contribution in [0.4, 0.5) is 5.69 Å². The molecule has 0 aromatic heterocycles. The fourth-order valence-electron chi connectivity index (χ4n) is 0.946. The fourth-order valence-corrected chi connectivity index (χ4v) is 1.01. The van der Waals surface area contributed by atoms with Crippen LogP contribution in [0, 0.1) is 0 Å². The molecule has 0 heterocycles. The summed E-state index contributed by atoms with van der Waals surface area (Å²) in [4.78, 5) is 0. The maximum Gasteiger partial charge on any atom is 0.119 e. The van der Waals surface area contributed by atoms with Gasteiger partial charge < -0.3 is 10.1 Å². The van der Waals surface area contributed by atoms with Crippen molar-refractivity contribution in [1.82, 2.24) is 0 Å². The number of anilines is 1. The largest absolute Gasteiger partial charge is 0.489 e. The van der Waals surface area contributed by atoms with Crippen molar-refractivity contribution in [2.24, 2.45) is 0 Å². The number of hydrogen-bond donors (Lipinski definition) is 1. The summed E-state index contributed by atoms with van der Waals surface area (Å²) in [5, 5.41) is 3.04. The predicted molar refractivity (Wildman–Crippen MR) is 61.1 cm³/mol. The average Bonchev–Trinajstić information content (AvgIpc) is 2.26. The highest BCUT2D eigenvalue weighted by Crippen LogP contribution is 2.15. The number of rotatable bonds is 4. The van der Waals surface area contributed by atoms with Gasteiger partial charge in [0.1, 0.15) is 12.4 Å². The standard InChI is InChI=1S/C11H14ClNO/c1-9(7-12)8-14-11-5-3-10(13-2)4-6-11/h3-7,13H,8H2,1-2H3/b9-7+. The Morgan fingerprint density at radius 3 is 2.57 bits per heavy atom. The lowest BCUT2D eigenvalue weighted by atomic mass is 10.3. The summed E-state index contributed by atoms with van der Waals surface area (Å²) in [6, 6.07) is 7.78. The monoisotopic (exact) mass is 211 g/mol. The Bertz CT molecular complexity index is 306. The van der Waals surface area contributed by atoms with Crippen LogP contribution in [-0.2, 0) is 0 Å². The van der Waals surface area contributed by atoms with Crippen LogP contribution >= 0.6 is 11.6 Å². The molecule has 1 aromatic rings. The third-order valence-corrected chi connectivity index (χ3v) is 2.17. The van der Waals surface area contributed by atoms with Gasteiger partial charge in [-0.05, 0) is 36.8 Å². The zero-order chi connectivity index (χ0) is 10.4. The molecule has 0 bridgehead atoms. The lowest BCUT2D eigenvalue weighted by Crippen LogP contribution is -1.98. The van der Waals surface area contributed by atoms with Gasteiger partial charge in [-0.3, -0.25) is 0 Å². The highest BCUT2D eigenvalue weighted by atomic mass is 35.5. The first-order chi connectivity index (χ1) is 6.76. The van der Waals surface area contributed by atoms with E-state index in [1.165, 1.54) is 5.54 Å². The normalized spacial score (nSPS) is 11.2. The molecule has 0 saturated carbocycles. The highest BCUT2D eigenvalue weighted by molar-refractivity contribution is 6.25. The van der Waals surface area contributed by atoms with Gasteiger partial charge in [-0.1, -0.05) is 11.6 Å². The van der Waals surface area contributed by atoms with E-state index in [0.717, 1.165) is 17.0 Å². The molecular formula is C11H14ClNO. The van der Waals surface area contributed by atoms with Crippen molar-refractivity contribution >= 4 is 17.3 Å². The van der Waals surface area contributed by atoms with E-state index in [1.807, 2.05) is 38.2 Å². The van der Waals surface area contributed by atoms with E-state index in [9.17, 15) is 0 Å². The summed E-state index contributed by atoms with van der Waals surface area (Å²) < 4.78 is 5.48. The fraction of sp³-hybridized carbons (Fsp3) is 0.273. The number of benzene rings is 1. The van der Waals surface area contributed by atoms with E-state index in [-0.39, 0.29) is 0 Å². The van der Waals surface area contributed by atoms with E-state index in [0.29, 0.717) is 6.61 Å². The second-order valence-electron chi connectivity index (χ2n) is 3.02. The smallest absolute Gasteiger partial charge is 0.119 e. The van der Waals surface area contributed by atoms with Crippen LogP contribution in [0.1, 0.15) is 6.92 Å². The molecule has 0 unspecified atom stereocenters. The van der Waals surface area contributed by atoms with Crippen LogP contribution in [0.25, 0.3) is 0 Å². The summed E-state index contributed by atoms with van der Waals surface area (Å²) in [5.41, 5.74) is 3.61.